The Hall–Kier alpha value is -0.0100. The summed E-state index contributed by atoms with van der Waals surface area (Å²) in [6.45, 7) is 9.35. The average molecular weight is 426 g/mol. The molecule has 0 nitrogen and oxygen atoms in total. The first-order valence-corrected chi connectivity index (χ1v) is 10.8. The molecule has 4 heteroatoms. The second kappa shape index (κ2) is 7.71. The SMILES string of the molecule is CC1=CC=C(C2=[C]([Zr+2])c3cccc(=[Si](C)C)c3=C2C)C1.[Cl-].[Cl-]. The Balaban J connectivity index is 0.00000121. The Kier molecular flexibility index (Phi) is 7.02. The van der Waals surface area contributed by atoms with Crippen molar-refractivity contribution in [2.75, 3.05) is 0 Å². The van der Waals surface area contributed by atoms with Crippen LogP contribution in [0.25, 0.3) is 8.85 Å². The summed E-state index contributed by atoms with van der Waals surface area (Å²) < 4.78 is 1.56. The van der Waals surface area contributed by atoms with E-state index >= 15 is 0 Å². The Morgan fingerprint density at radius 2 is 1.73 bits per heavy atom. The third-order valence-electron chi connectivity index (χ3n) is 4.23. The average Bonchev–Trinajstić information content (AvgIpc) is 2.93. The molecule has 0 heterocycles. The van der Waals surface area contributed by atoms with Crippen LogP contribution in [0.5, 0.6) is 0 Å². The van der Waals surface area contributed by atoms with E-state index in [0.29, 0.717) is 0 Å². The molecule has 0 fully saturated rings. The van der Waals surface area contributed by atoms with Gasteiger partial charge in [-0.05, 0) is 0 Å². The number of benzene rings is 1. The molecule has 0 atom stereocenters. The van der Waals surface area contributed by atoms with E-state index in [1.165, 1.54) is 47.0 Å². The first kappa shape index (κ1) is 20.0. The van der Waals surface area contributed by atoms with Crippen molar-refractivity contribution >= 4 is 17.3 Å². The molecular weight excluding hydrogens is 406 g/mol. The molecule has 0 aromatic heterocycles. The Labute approximate surface area is 162 Å². The minimum atomic E-state index is -0.419. The van der Waals surface area contributed by atoms with E-state index in [9.17, 15) is 0 Å². The zero-order valence-electron chi connectivity index (χ0n) is 13.3. The van der Waals surface area contributed by atoms with Crippen LogP contribution in [0.1, 0.15) is 25.8 Å². The molecule has 0 N–H and O–H groups in total. The van der Waals surface area contributed by atoms with Gasteiger partial charge in [-0.3, -0.25) is 0 Å². The number of allylic oxidation sites excluding steroid dienone is 5. The summed E-state index contributed by atoms with van der Waals surface area (Å²) in [6.07, 6.45) is 5.73. The molecule has 22 heavy (non-hydrogen) atoms. The van der Waals surface area contributed by atoms with E-state index in [4.69, 9.17) is 0 Å². The van der Waals surface area contributed by atoms with Gasteiger partial charge in [0.15, 0.2) is 0 Å². The van der Waals surface area contributed by atoms with Crippen molar-refractivity contribution in [2.45, 2.75) is 33.4 Å². The number of halogens is 2. The summed E-state index contributed by atoms with van der Waals surface area (Å²) in [5.41, 5.74) is 7.57. The van der Waals surface area contributed by atoms with Gasteiger partial charge in [0.2, 0.25) is 0 Å². The number of fused-ring (bicyclic) bond motifs is 1. The summed E-state index contributed by atoms with van der Waals surface area (Å²) in [5.74, 6) is 0. The normalized spacial score (nSPS) is 15.8. The molecule has 0 spiro atoms. The fourth-order valence-corrected chi connectivity index (χ4v) is 5.88. The molecule has 3 rings (SSSR count). The van der Waals surface area contributed by atoms with Crippen molar-refractivity contribution in [1.82, 2.24) is 0 Å². The largest absolute Gasteiger partial charge is 1.00 e. The Morgan fingerprint density at radius 1 is 1.05 bits per heavy atom. The monoisotopic (exact) mass is 423 g/mol. The number of hydrogen-bond acceptors (Lipinski definition) is 0. The molecular formula is C18H19Cl2SiZr. The minimum Gasteiger partial charge on any atom is -1.00 e. The van der Waals surface area contributed by atoms with Crippen molar-refractivity contribution in [3.05, 3.63) is 62.7 Å². The molecule has 0 aliphatic heterocycles. The molecule has 1 aromatic carbocycles. The van der Waals surface area contributed by atoms with E-state index in [0.717, 1.165) is 6.42 Å². The molecule has 0 bridgehead atoms. The van der Waals surface area contributed by atoms with Crippen molar-refractivity contribution in [3.63, 3.8) is 0 Å². The van der Waals surface area contributed by atoms with Gasteiger partial charge in [0.05, 0.1) is 0 Å². The summed E-state index contributed by atoms with van der Waals surface area (Å²) in [6, 6.07) is 6.91. The smallest absolute Gasteiger partial charge is 1.00 e. The maximum absolute atomic E-state index is 2.40. The summed E-state index contributed by atoms with van der Waals surface area (Å²) in [5, 5.41) is 1.55. The molecule has 0 amide bonds. The van der Waals surface area contributed by atoms with Crippen LogP contribution < -0.4 is 30.0 Å². The molecule has 2 aliphatic carbocycles. The van der Waals surface area contributed by atoms with E-state index in [-0.39, 0.29) is 24.8 Å². The quantitative estimate of drug-likeness (QED) is 0.457. The van der Waals surface area contributed by atoms with Crippen LogP contribution in [-0.4, -0.2) is 8.41 Å². The van der Waals surface area contributed by atoms with Crippen molar-refractivity contribution in [2.24, 2.45) is 0 Å². The van der Waals surface area contributed by atoms with E-state index < -0.39 is 8.41 Å². The maximum Gasteiger partial charge on any atom is -1.00 e. The number of rotatable bonds is 1. The predicted molar refractivity (Wildman–Crippen MR) is 84.8 cm³/mol. The van der Waals surface area contributed by atoms with Gasteiger partial charge in [0.1, 0.15) is 0 Å². The minimum absolute atomic E-state index is 0. The summed E-state index contributed by atoms with van der Waals surface area (Å²) in [4.78, 5) is 1.60. The van der Waals surface area contributed by atoms with Gasteiger partial charge in [-0.1, -0.05) is 0 Å². The van der Waals surface area contributed by atoms with E-state index in [1.807, 2.05) is 0 Å². The van der Waals surface area contributed by atoms with Crippen molar-refractivity contribution < 1.29 is 49.5 Å². The summed E-state index contributed by atoms with van der Waals surface area (Å²) in [7, 11) is -0.419. The Bertz CT molecular complexity index is 825. The van der Waals surface area contributed by atoms with Gasteiger partial charge in [-0.15, -0.1) is 0 Å². The van der Waals surface area contributed by atoms with Crippen LogP contribution in [0.4, 0.5) is 0 Å². The van der Waals surface area contributed by atoms with Gasteiger partial charge in [-0.25, -0.2) is 0 Å². The zero-order chi connectivity index (χ0) is 14.4. The van der Waals surface area contributed by atoms with Crippen LogP contribution in [-0.2, 0) is 24.7 Å². The molecule has 0 unspecified atom stereocenters. The van der Waals surface area contributed by atoms with Crippen molar-refractivity contribution in [3.8, 4) is 0 Å². The Morgan fingerprint density at radius 3 is 2.27 bits per heavy atom. The number of hydrogen-bond donors (Lipinski definition) is 0. The van der Waals surface area contributed by atoms with Gasteiger partial charge in [0.25, 0.3) is 0 Å². The standard InChI is InChI=1S/C18H19Si.2ClH.Zr/c1-12-8-9-14(10-12)16-11-15-6-5-7-17(19(3)4)18(15)13(16)2;;;/h5-9H,10H2,1-4H3;2*1H;/q;;;+2/p-2. The third-order valence-corrected chi connectivity index (χ3v) is 7.00. The zero-order valence-corrected chi connectivity index (χ0v) is 18.3. The van der Waals surface area contributed by atoms with Gasteiger partial charge in [-0.2, -0.15) is 0 Å². The topological polar surface area (TPSA) is 0 Å². The van der Waals surface area contributed by atoms with Crippen LogP contribution in [0.2, 0.25) is 13.1 Å². The van der Waals surface area contributed by atoms with Gasteiger partial charge < -0.3 is 24.8 Å². The van der Waals surface area contributed by atoms with Crippen molar-refractivity contribution in [1.29, 1.82) is 0 Å². The van der Waals surface area contributed by atoms with Gasteiger partial charge in [0, 0.05) is 0 Å². The molecule has 0 radical (unpaired) electrons. The maximum atomic E-state index is 2.40. The third kappa shape index (κ3) is 3.26. The molecule has 1 aromatic rings. The molecule has 0 saturated carbocycles. The summed E-state index contributed by atoms with van der Waals surface area (Å²) >= 11 is 1.54. The predicted octanol–water partition coefficient (Wildman–Crippen LogP) is -2.00. The molecule has 113 valence electrons. The fourth-order valence-electron chi connectivity index (χ4n) is 3.26. The molecule has 0 saturated heterocycles. The van der Waals surface area contributed by atoms with Crippen LogP contribution >= 0.6 is 0 Å². The van der Waals surface area contributed by atoms with Gasteiger partial charge >= 0.3 is 138 Å². The first-order valence-electron chi connectivity index (χ1n) is 7.11. The van der Waals surface area contributed by atoms with Crippen LogP contribution in [0.3, 0.4) is 0 Å². The van der Waals surface area contributed by atoms with Crippen LogP contribution in [0.15, 0.2) is 47.1 Å². The molecule has 2 aliphatic rings. The fraction of sp³-hybridized carbons (Fsp3) is 0.278. The van der Waals surface area contributed by atoms with E-state index in [1.54, 1.807) is 18.9 Å². The van der Waals surface area contributed by atoms with E-state index in [2.05, 4.69) is 57.3 Å². The second-order valence-electron chi connectivity index (χ2n) is 5.98. The first-order chi connectivity index (χ1) is 9.50. The van der Waals surface area contributed by atoms with Crippen LogP contribution in [0, 0.1) is 4.81 Å². The second-order valence-corrected chi connectivity index (χ2v) is 9.75.